The fraction of sp³-hybridized carbons (Fsp3) is 0.923. The molecule has 1 heteroatoms. The molecule has 0 aliphatic rings. The van der Waals surface area contributed by atoms with Gasteiger partial charge < -0.3 is 0 Å². The van der Waals surface area contributed by atoms with E-state index in [1.54, 1.807) is 0 Å². The van der Waals surface area contributed by atoms with Crippen molar-refractivity contribution in [2.24, 2.45) is 5.92 Å². The monoisotopic (exact) mass is 195 g/mol. The van der Waals surface area contributed by atoms with E-state index in [9.17, 15) is 0 Å². The second-order valence-corrected chi connectivity index (χ2v) is 4.22. The number of hydrogen-bond acceptors (Lipinski definition) is 1. The number of rotatable bonds is 9. The van der Waals surface area contributed by atoms with E-state index in [0.717, 1.165) is 6.42 Å². The van der Waals surface area contributed by atoms with Crippen LogP contribution < -0.4 is 0 Å². The average molecular weight is 195 g/mol. The molecule has 0 aliphatic carbocycles. The Labute approximate surface area is 89.5 Å². The fourth-order valence-electron chi connectivity index (χ4n) is 1.83. The van der Waals surface area contributed by atoms with Gasteiger partial charge in [0, 0.05) is 6.42 Å². The van der Waals surface area contributed by atoms with Crippen LogP contribution in [0.25, 0.3) is 0 Å². The predicted molar refractivity (Wildman–Crippen MR) is 62.0 cm³/mol. The van der Waals surface area contributed by atoms with Crippen LogP contribution in [-0.2, 0) is 0 Å². The smallest absolute Gasteiger partial charge is 0.0624 e. The summed E-state index contributed by atoms with van der Waals surface area (Å²) in [6.07, 6.45) is 11.2. The summed E-state index contributed by atoms with van der Waals surface area (Å²) >= 11 is 0. The molecule has 0 bridgehead atoms. The largest absolute Gasteiger partial charge is 0.198 e. The molecule has 1 atom stereocenters. The fourth-order valence-corrected chi connectivity index (χ4v) is 1.83. The van der Waals surface area contributed by atoms with E-state index in [-0.39, 0.29) is 0 Å². The first-order valence-electron chi connectivity index (χ1n) is 6.22. The van der Waals surface area contributed by atoms with Crippen LogP contribution in [-0.4, -0.2) is 0 Å². The van der Waals surface area contributed by atoms with Crippen LogP contribution in [0.4, 0.5) is 0 Å². The second kappa shape index (κ2) is 10.6. The molecule has 0 aromatic heterocycles. The molecular weight excluding hydrogens is 170 g/mol. The highest BCUT2D eigenvalue weighted by molar-refractivity contribution is 4.75. The van der Waals surface area contributed by atoms with Crippen LogP contribution in [0, 0.1) is 17.2 Å². The standard InChI is InChI=1S/C13H25N/c1-3-5-7-8-10-13(11-12-14)9-6-4-2/h13H,3-11H2,1-2H3. The zero-order chi connectivity index (χ0) is 10.6. The lowest BCUT2D eigenvalue weighted by molar-refractivity contribution is 0.419. The Morgan fingerprint density at radius 2 is 1.57 bits per heavy atom. The molecule has 0 saturated carbocycles. The molecule has 0 amide bonds. The number of hydrogen-bond donors (Lipinski definition) is 0. The van der Waals surface area contributed by atoms with Crippen molar-refractivity contribution in [2.75, 3.05) is 0 Å². The van der Waals surface area contributed by atoms with Gasteiger partial charge >= 0.3 is 0 Å². The van der Waals surface area contributed by atoms with Gasteiger partial charge in [0.05, 0.1) is 6.07 Å². The number of nitrogens with zero attached hydrogens (tertiary/aromatic N) is 1. The molecule has 0 aromatic carbocycles. The van der Waals surface area contributed by atoms with E-state index in [4.69, 9.17) is 5.26 Å². The van der Waals surface area contributed by atoms with Crippen LogP contribution in [0.2, 0.25) is 0 Å². The third-order valence-electron chi connectivity index (χ3n) is 2.81. The SMILES string of the molecule is CCCCCCC(CC#N)CCCC. The molecule has 1 unspecified atom stereocenters. The van der Waals surface area contributed by atoms with Gasteiger partial charge in [-0.05, 0) is 18.8 Å². The molecule has 0 heterocycles. The Morgan fingerprint density at radius 1 is 0.929 bits per heavy atom. The predicted octanol–water partition coefficient (Wildman–Crippen LogP) is 4.68. The van der Waals surface area contributed by atoms with Crippen LogP contribution >= 0.6 is 0 Å². The molecule has 0 N–H and O–H groups in total. The highest BCUT2D eigenvalue weighted by Crippen LogP contribution is 2.19. The molecule has 0 spiro atoms. The van der Waals surface area contributed by atoms with Crippen molar-refractivity contribution in [3.8, 4) is 6.07 Å². The van der Waals surface area contributed by atoms with Crippen molar-refractivity contribution in [2.45, 2.75) is 71.6 Å². The normalized spacial score (nSPS) is 12.4. The summed E-state index contributed by atoms with van der Waals surface area (Å²) in [6.45, 7) is 4.46. The zero-order valence-electron chi connectivity index (χ0n) is 9.89. The molecule has 82 valence electrons. The summed E-state index contributed by atoms with van der Waals surface area (Å²) in [5.41, 5.74) is 0. The average Bonchev–Trinajstić information content (AvgIpc) is 2.20. The lowest BCUT2D eigenvalue weighted by Gasteiger charge is -2.12. The first kappa shape index (κ1) is 13.5. The summed E-state index contributed by atoms with van der Waals surface area (Å²) in [5.74, 6) is 0.678. The number of unbranched alkanes of at least 4 members (excludes halogenated alkanes) is 4. The maximum Gasteiger partial charge on any atom is 0.0624 e. The molecular formula is C13H25N. The summed E-state index contributed by atoms with van der Waals surface area (Å²) < 4.78 is 0. The summed E-state index contributed by atoms with van der Waals surface area (Å²) in [7, 11) is 0. The van der Waals surface area contributed by atoms with Crippen LogP contribution in [0.15, 0.2) is 0 Å². The number of nitriles is 1. The van der Waals surface area contributed by atoms with Gasteiger partial charge in [-0.2, -0.15) is 5.26 Å². The summed E-state index contributed by atoms with van der Waals surface area (Å²) in [4.78, 5) is 0. The molecule has 0 rings (SSSR count). The van der Waals surface area contributed by atoms with Gasteiger partial charge in [0.15, 0.2) is 0 Å². The Kier molecular flexibility index (Phi) is 10.2. The van der Waals surface area contributed by atoms with E-state index in [2.05, 4.69) is 19.9 Å². The Hall–Kier alpha value is -0.510. The minimum absolute atomic E-state index is 0.678. The summed E-state index contributed by atoms with van der Waals surface area (Å²) in [5, 5.41) is 8.69. The quantitative estimate of drug-likeness (QED) is 0.490. The van der Waals surface area contributed by atoms with Gasteiger partial charge in [-0.15, -0.1) is 0 Å². The van der Waals surface area contributed by atoms with Gasteiger partial charge in [-0.3, -0.25) is 0 Å². The highest BCUT2D eigenvalue weighted by atomic mass is 14.2. The van der Waals surface area contributed by atoms with Crippen molar-refractivity contribution in [3.05, 3.63) is 0 Å². The lowest BCUT2D eigenvalue weighted by atomic mass is 9.93. The van der Waals surface area contributed by atoms with Gasteiger partial charge in [0.1, 0.15) is 0 Å². The molecule has 0 aliphatic heterocycles. The van der Waals surface area contributed by atoms with Gasteiger partial charge in [0.2, 0.25) is 0 Å². The molecule has 0 radical (unpaired) electrons. The maximum absolute atomic E-state index is 8.69. The van der Waals surface area contributed by atoms with Gasteiger partial charge in [-0.1, -0.05) is 52.4 Å². The lowest BCUT2D eigenvalue weighted by Crippen LogP contribution is -1.99. The van der Waals surface area contributed by atoms with E-state index in [1.165, 1.54) is 51.4 Å². The van der Waals surface area contributed by atoms with E-state index in [0.29, 0.717) is 5.92 Å². The highest BCUT2D eigenvalue weighted by Gasteiger charge is 2.06. The molecule has 0 fully saturated rings. The van der Waals surface area contributed by atoms with E-state index in [1.807, 2.05) is 0 Å². The molecule has 0 aromatic rings. The minimum atomic E-state index is 0.678. The van der Waals surface area contributed by atoms with E-state index < -0.39 is 0 Å². The van der Waals surface area contributed by atoms with Crippen LogP contribution in [0.5, 0.6) is 0 Å². The first-order valence-corrected chi connectivity index (χ1v) is 6.22. The zero-order valence-corrected chi connectivity index (χ0v) is 9.89. The van der Waals surface area contributed by atoms with Crippen molar-refractivity contribution in [3.63, 3.8) is 0 Å². The van der Waals surface area contributed by atoms with Crippen molar-refractivity contribution in [1.82, 2.24) is 0 Å². The summed E-state index contributed by atoms with van der Waals surface area (Å²) in [6, 6.07) is 2.32. The Morgan fingerprint density at radius 3 is 2.14 bits per heavy atom. The van der Waals surface area contributed by atoms with Crippen molar-refractivity contribution >= 4 is 0 Å². The third-order valence-corrected chi connectivity index (χ3v) is 2.81. The topological polar surface area (TPSA) is 23.8 Å². The minimum Gasteiger partial charge on any atom is -0.198 e. The van der Waals surface area contributed by atoms with E-state index >= 15 is 0 Å². The first-order chi connectivity index (χ1) is 6.85. The molecule has 14 heavy (non-hydrogen) atoms. The van der Waals surface area contributed by atoms with Crippen LogP contribution in [0.1, 0.15) is 71.6 Å². The van der Waals surface area contributed by atoms with Gasteiger partial charge in [0.25, 0.3) is 0 Å². The van der Waals surface area contributed by atoms with Crippen molar-refractivity contribution in [1.29, 1.82) is 5.26 Å². The van der Waals surface area contributed by atoms with Crippen molar-refractivity contribution < 1.29 is 0 Å². The second-order valence-electron chi connectivity index (χ2n) is 4.22. The third kappa shape index (κ3) is 8.10. The maximum atomic E-state index is 8.69. The Bertz CT molecular complexity index is 146. The van der Waals surface area contributed by atoms with Crippen LogP contribution in [0.3, 0.4) is 0 Å². The Balaban J connectivity index is 3.47. The van der Waals surface area contributed by atoms with Gasteiger partial charge in [-0.25, -0.2) is 0 Å². The molecule has 1 nitrogen and oxygen atoms in total. The molecule has 0 saturated heterocycles.